The molecule has 2 heterocycles. The summed E-state index contributed by atoms with van der Waals surface area (Å²) in [6, 6.07) is 0. The van der Waals surface area contributed by atoms with Crippen LogP contribution in [0.1, 0.15) is 51.9 Å². The van der Waals surface area contributed by atoms with E-state index in [0.29, 0.717) is 25.3 Å². The maximum Gasteiger partial charge on any atom is 0.222 e. The fourth-order valence-corrected chi connectivity index (χ4v) is 3.46. The summed E-state index contributed by atoms with van der Waals surface area (Å²) >= 11 is 0. The molecule has 0 aromatic rings. The minimum Gasteiger partial charge on any atom is -0.356 e. The molecule has 0 saturated carbocycles. The Morgan fingerprint density at radius 1 is 1.23 bits per heavy atom. The normalized spacial score (nSPS) is 24.1. The van der Waals surface area contributed by atoms with E-state index in [9.17, 15) is 9.59 Å². The summed E-state index contributed by atoms with van der Waals surface area (Å²) in [6.07, 6.45) is 6.73. The lowest BCUT2D eigenvalue weighted by Gasteiger charge is -2.31. The van der Waals surface area contributed by atoms with Crippen LogP contribution >= 0.6 is 0 Å². The van der Waals surface area contributed by atoms with Gasteiger partial charge in [-0.05, 0) is 44.7 Å². The molecule has 2 fully saturated rings. The van der Waals surface area contributed by atoms with Crippen LogP contribution in [-0.2, 0) is 9.59 Å². The Balaban J connectivity index is 1.64. The first-order valence-corrected chi connectivity index (χ1v) is 8.96. The molecule has 126 valence electrons. The van der Waals surface area contributed by atoms with Crippen molar-refractivity contribution in [3.63, 3.8) is 0 Å². The van der Waals surface area contributed by atoms with Crippen molar-refractivity contribution in [3.8, 4) is 0 Å². The molecule has 2 saturated heterocycles. The Hall–Kier alpha value is -1.10. The molecule has 0 radical (unpaired) electrons. The van der Waals surface area contributed by atoms with Gasteiger partial charge in [-0.2, -0.15) is 0 Å². The van der Waals surface area contributed by atoms with Gasteiger partial charge in [0, 0.05) is 39.0 Å². The summed E-state index contributed by atoms with van der Waals surface area (Å²) in [5.41, 5.74) is 0. The van der Waals surface area contributed by atoms with Gasteiger partial charge in [0.05, 0.1) is 0 Å². The predicted molar refractivity (Wildman–Crippen MR) is 87.5 cm³/mol. The largest absolute Gasteiger partial charge is 0.356 e. The second-order valence-electron chi connectivity index (χ2n) is 6.65. The van der Waals surface area contributed by atoms with Gasteiger partial charge < -0.3 is 15.1 Å². The molecule has 5 nitrogen and oxygen atoms in total. The highest BCUT2D eigenvalue weighted by atomic mass is 16.2. The Bertz CT molecular complexity index is 373. The molecule has 1 N–H and O–H groups in total. The number of amides is 2. The number of carbonyl (C=O) groups is 2. The van der Waals surface area contributed by atoms with Crippen molar-refractivity contribution in [2.24, 2.45) is 5.92 Å². The second kappa shape index (κ2) is 9.13. The van der Waals surface area contributed by atoms with Crippen LogP contribution in [-0.4, -0.2) is 60.9 Å². The van der Waals surface area contributed by atoms with Crippen molar-refractivity contribution < 1.29 is 9.59 Å². The van der Waals surface area contributed by atoms with Crippen molar-refractivity contribution in [1.82, 2.24) is 15.1 Å². The number of nitrogens with one attached hydrogen (secondary N) is 1. The maximum atomic E-state index is 12.0. The van der Waals surface area contributed by atoms with Gasteiger partial charge in [0.15, 0.2) is 0 Å². The molecule has 0 aliphatic carbocycles. The minimum atomic E-state index is 0.0886. The summed E-state index contributed by atoms with van der Waals surface area (Å²) < 4.78 is 0. The first kappa shape index (κ1) is 17.3. The van der Waals surface area contributed by atoms with Crippen molar-refractivity contribution >= 4 is 11.8 Å². The van der Waals surface area contributed by atoms with Crippen LogP contribution in [0.5, 0.6) is 0 Å². The molecule has 1 unspecified atom stereocenters. The summed E-state index contributed by atoms with van der Waals surface area (Å²) in [5.74, 6) is 0.888. The molecule has 2 aliphatic heterocycles. The molecule has 0 spiro atoms. The smallest absolute Gasteiger partial charge is 0.222 e. The average Bonchev–Trinajstić information content (AvgIpc) is 2.75. The zero-order valence-corrected chi connectivity index (χ0v) is 14.0. The number of hydrogen-bond acceptors (Lipinski definition) is 3. The Morgan fingerprint density at radius 2 is 2.09 bits per heavy atom. The van der Waals surface area contributed by atoms with Gasteiger partial charge in [-0.15, -0.1) is 0 Å². The molecule has 2 aliphatic rings. The number of piperidine rings is 1. The maximum absolute atomic E-state index is 12.0. The zero-order valence-electron chi connectivity index (χ0n) is 14.0. The van der Waals surface area contributed by atoms with Crippen LogP contribution in [0, 0.1) is 5.92 Å². The van der Waals surface area contributed by atoms with Crippen molar-refractivity contribution in [1.29, 1.82) is 0 Å². The van der Waals surface area contributed by atoms with Gasteiger partial charge in [0.25, 0.3) is 0 Å². The fourth-order valence-electron chi connectivity index (χ4n) is 3.46. The average molecular weight is 309 g/mol. The predicted octanol–water partition coefficient (Wildman–Crippen LogP) is 1.63. The van der Waals surface area contributed by atoms with E-state index in [0.717, 1.165) is 45.4 Å². The highest BCUT2D eigenvalue weighted by Gasteiger charge is 2.20. The van der Waals surface area contributed by atoms with Crippen LogP contribution in [0.3, 0.4) is 0 Å². The van der Waals surface area contributed by atoms with Crippen LogP contribution < -0.4 is 5.32 Å². The van der Waals surface area contributed by atoms with Gasteiger partial charge in [-0.3, -0.25) is 9.59 Å². The van der Waals surface area contributed by atoms with E-state index in [1.165, 1.54) is 19.4 Å². The van der Waals surface area contributed by atoms with Crippen LogP contribution in [0.2, 0.25) is 0 Å². The number of nitrogens with zero attached hydrogens (tertiary/aromatic N) is 2. The number of likely N-dealkylation sites (tertiary alicyclic amines) is 2. The Kier molecular flexibility index (Phi) is 7.16. The lowest BCUT2D eigenvalue weighted by atomic mass is 9.98. The quantitative estimate of drug-likeness (QED) is 0.811. The molecule has 0 bridgehead atoms. The summed E-state index contributed by atoms with van der Waals surface area (Å²) in [5, 5.41) is 3.06. The Morgan fingerprint density at radius 3 is 2.91 bits per heavy atom. The van der Waals surface area contributed by atoms with Crippen LogP contribution in [0.25, 0.3) is 0 Å². The molecule has 0 aromatic heterocycles. The molecule has 22 heavy (non-hydrogen) atoms. The van der Waals surface area contributed by atoms with Crippen molar-refractivity contribution in [2.75, 3.05) is 39.3 Å². The first-order chi connectivity index (χ1) is 10.7. The third-order valence-electron chi connectivity index (χ3n) is 4.92. The van der Waals surface area contributed by atoms with Gasteiger partial charge in [0.1, 0.15) is 0 Å². The standard InChI is InChI=1S/C17H31N3O2/c1-2-19-10-6-7-15(14-19)13-18-16(21)9-12-20-11-5-3-4-8-17(20)22/h15H,2-14H2,1H3,(H,18,21). The lowest BCUT2D eigenvalue weighted by Crippen LogP contribution is -2.41. The third-order valence-corrected chi connectivity index (χ3v) is 4.92. The van der Waals surface area contributed by atoms with E-state index in [1.807, 2.05) is 4.90 Å². The summed E-state index contributed by atoms with van der Waals surface area (Å²) in [4.78, 5) is 28.2. The zero-order chi connectivity index (χ0) is 15.8. The van der Waals surface area contributed by atoms with Crippen molar-refractivity contribution in [2.45, 2.75) is 51.9 Å². The van der Waals surface area contributed by atoms with Crippen molar-refractivity contribution in [3.05, 3.63) is 0 Å². The molecule has 5 heteroatoms. The van der Waals surface area contributed by atoms with E-state index < -0.39 is 0 Å². The van der Waals surface area contributed by atoms with Gasteiger partial charge >= 0.3 is 0 Å². The van der Waals surface area contributed by atoms with E-state index >= 15 is 0 Å². The molecule has 0 aromatic carbocycles. The number of rotatable bonds is 6. The van der Waals surface area contributed by atoms with E-state index in [-0.39, 0.29) is 11.8 Å². The Labute approximate surface area is 134 Å². The highest BCUT2D eigenvalue weighted by Crippen LogP contribution is 2.15. The second-order valence-corrected chi connectivity index (χ2v) is 6.65. The summed E-state index contributed by atoms with van der Waals surface area (Å²) in [6.45, 7) is 7.76. The number of carbonyl (C=O) groups excluding carboxylic acids is 2. The molecule has 2 amide bonds. The molecular weight excluding hydrogens is 278 g/mol. The molecule has 1 atom stereocenters. The highest BCUT2D eigenvalue weighted by molar-refractivity contribution is 5.79. The first-order valence-electron chi connectivity index (χ1n) is 8.96. The molecule has 2 rings (SSSR count). The minimum absolute atomic E-state index is 0.0886. The summed E-state index contributed by atoms with van der Waals surface area (Å²) in [7, 11) is 0. The van der Waals surface area contributed by atoms with E-state index in [2.05, 4.69) is 17.1 Å². The van der Waals surface area contributed by atoms with E-state index in [4.69, 9.17) is 0 Å². The monoisotopic (exact) mass is 309 g/mol. The van der Waals surface area contributed by atoms with Gasteiger partial charge in [-0.25, -0.2) is 0 Å². The van der Waals surface area contributed by atoms with Crippen LogP contribution in [0.15, 0.2) is 0 Å². The van der Waals surface area contributed by atoms with Gasteiger partial charge in [-0.1, -0.05) is 13.3 Å². The van der Waals surface area contributed by atoms with Crippen LogP contribution in [0.4, 0.5) is 0 Å². The SMILES string of the molecule is CCN1CCCC(CNC(=O)CCN2CCCCCC2=O)C1. The topological polar surface area (TPSA) is 52.7 Å². The fraction of sp³-hybridized carbons (Fsp3) is 0.882. The van der Waals surface area contributed by atoms with E-state index in [1.54, 1.807) is 0 Å². The number of hydrogen-bond donors (Lipinski definition) is 1. The lowest BCUT2D eigenvalue weighted by molar-refractivity contribution is -0.131. The molecular formula is C17H31N3O2. The third kappa shape index (κ3) is 5.59. The van der Waals surface area contributed by atoms with Gasteiger partial charge in [0.2, 0.25) is 11.8 Å².